The number of carbonyl (C=O) groups is 1. The molecule has 0 atom stereocenters. The maximum Gasteiger partial charge on any atom is 0.224 e. The fraction of sp³-hybridized carbons (Fsp3) is 0.500. The molecule has 0 fully saturated rings. The number of nitrogens with one attached hydrogen (secondary N) is 2. The van der Waals surface area contributed by atoms with Crippen LogP contribution in [0.4, 0.5) is 0 Å². The largest absolute Gasteiger partial charge is 0.369 e. The lowest BCUT2D eigenvalue weighted by Crippen LogP contribution is -2.40. The molecule has 0 radical (unpaired) electrons. The first kappa shape index (κ1) is 23.3. The molecule has 0 heterocycles. The molecule has 4 N–H and O–H groups in total. The number of rotatable bonds is 8. The van der Waals surface area contributed by atoms with Crippen molar-refractivity contribution in [3.63, 3.8) is 0 Å². The van der Waals surface area contributed by atoms with Crippen molar-refractivity contribution in [2.75, 3.05) is 25.4 Å². The number of hydrogen-bond donors (Lipinski definition) is 3. The Morgan fingerprint density at radius 3 is 2.46 bits per heavy atom. The molecule has 0 aliphatic heterocycles. The highest BCUT2D eigenvalue weighted by Gasteiger charge is 2.24. The second-order valence-corrected chi connectivity index (χ2v) is 7.28. The van der Waals surface area contributed by atoms with E-state index in [1.165, 1.54) is 4.90 Å². The van der Waals surface area contributed by atoms with Crippen LogP contribution in [-0.2, 0) is 4.79 Å². The zero-order valence-electron chi connectivity index (χ0n) is 14.3. The predicted octanol–water partition coefficient (Wildman–Crippen LogP) is 3.12. The van der Waals surface area contributed by atoms with Crippen LogP contribution in [0.25, 0.3) is 0 Å². The summed E-state index contributed by atoms with van der Waals surface area (Å²) in [6.45, 7) is 7.45. The predicted molar refractivity (Wildman–Crippen MR) is 115 cm³/mol. The minimum atomic E-state index is -0.652. The molecule has 0 saturated heterocycles. The van der Waals surface area contributed by atoms with E-state index >= 15 is 0 Å². The molecule has 0 spiro atoms. The molecule has 5 nitrogen and oxygen atoms in total. The van der Waals surface area contributed by atoms with Gasteiger partial charge in [-0.1, -0.05) is 11.6 Å². The Hall–Kier alpha value is -0.670. The second kappa shape index (κ2) is 11.8. The lowest BCUT2D eigenvalue weighted by molar-refractivity contribution is -0.125. The molecule has 1 aromatic carbocycles. The number of nitrogens with zero attached hydrogens (tertiary/aromatic N) is 1. The first-order valence-electron chi connectivity index (χ1n) is 7.55. The van der Waals surface area contributed by atoms with Crippen molar-refractivity contribution in [2.45, 2.75) is 25.7 Å². The summed E-state index contributed by atoms with van der Waals surface area (Å²) in [6.07, 6.45) is 0. The van der Waals surface area contributed by atoms with Gasteiger partial charge in [0.25, 0.3) is 0 Å². The highest BCUT2D eigenvalue weighted by atomic mass is 127. The molecule has 0 bridgehead atoms. The van der Waals surface area contributed by atoms with Gasteiger partial charge in [-0.25, -0.2) is 0 Å². The lowest BCUT2D eigenvalue weighted by Gasteiger charge is -2.19. The van der Waals surface area contributed by atoms with Gasteiger partial charge in [-0.15, -0.1) is 35.7 Å². The Morgan fingerprint density at radius 2 is 1.92 bits per heavy atom. The number of amides is 1. The Bertz CT molecular complexity index is 537. The van der Waals surface area contributed by atoms with Gasteiger partial charge in [0.15, 0.2) is 5.96 Å². The van der Waals surface area contributed by atoms with Crippen LogP contribution in [0.1, 0.15) is 20.8 Å². The van der Waals surface area contributed by atoms with E-state index in [2.05, 4.69) is 15.6 Å². The lowest BCUT2D eigenvalue weighted by atomic mass is 9.93. The summed E-state index contributed by atoms with van der Waals surface area (Å²) in [5.74, 6) is 1.24. The smallest absolute Gasteiger partial charge is 0.224 e. The van der Waals surface area contributed by atoms with Crippen molar-refractivity contribution in [3.8, 4) is 0 Å². The first-order chi connectivity index (χ1) is 10.8. The topological polar surface area (TPSA) is 79.5 Å². The first-order valence-corrected chi connectivity index (χ1v) is 8.92. The molecule has 0 aliphatic rings. The standard InChI is InChI=1S/C16H25ClN4OS.HI/c1-4-19-15(21-11-16(2,3)14(18)22)20-9-10-23-13-7-5-12(17)6-8-13;/h5-8H,4,9-11H2,1-3H3,(H2,18,22)(H2,19,20,21);1H. The molecule has 1 aromatic rings. The van der Waals surface area contributed by atoms with E-state index in [4.69, 9.17) is 17.3 Å². The van der Waals surface area contributed by atoms with Crippen LogP contribution in [0.5, 0.6) is 0 Å². The van der Waals surface area contributed by atoms with Gasteiger partial charge in [-0.3, -0.25) is 9.79 Å². The highest BCUT2D eigenvalue weighted by Crippen LogP contribution is 2.19. The number of aliphatic imine (C=N–C) groups is 1. The summed E-state index contributed by atoms with van der Waals surface area (Å²) in [5, 5.41) is 7.16. The van der Waals surface area contributed by atoms with Crippen LogP contribution >= 0.6 is 47.3 Å². The third-order valence-electron chi connectivity index (χ3n) is 3.12. The monoisotopic (exact) mass is 484 g/mol. The molecule has 136 valence electrons. The van der Waals surface area contributed by atoms with Gasteiger partial charge in [0.1, 0.15) is 0 Å². The molecule has 1 rings (SSSR count). The summed E-state index contributed by atoms with van der Waals surface area (Å²) < 4.78 is 0. The van der Waals surface area contributed by atoms with Gasteiger partial charge in [0.05, 0.1) is 12.0 Å². The molecular formula is C16H26ClIN4OS. The normalized spacial score (nSPS) is 11.6. The molecule has 0 unspecified atom stereocenters. The Labute approximate surface area is 170 Å². The summed E-state index contributed by atoms with van der Waals surface area (Å²) in [5.41, 5.74) is 4.71. The summed E-state index contributed by atoms with van der Waals surface area (Å²) in [6, 6.07) is 7.77. The van der Waals surface area contributed by atoms with Gasteiger partial charge in [0, 0.05) is 28.8 Å². The number of primary amides is 1. The third kappa shape index (κ3) is 8.98. The van der Waals surface area contributed by atoms with Gasteiger partial charge >= 0.3 is 0 Å². The number of nitrogens with two attached hydrogens (primary N) is 1. The van der Waals surface area contributed by atoms with E-state index in [1.54, 1.807) is 25.6 Å². The SMILES string of the molecule is CCNC(=NCC(C)(C)C(N)=O)NCCSc1ccc(Cl)cc1.I. The Balaban J connectivity index is 0.00000529. The van der Waals surface area contributed by atoms with Crippen LogP contribution in [0, 0.1) is 5.41 Å². The highest BCUT2D eigenvalue weighted by molar-refractivity contribution is 14.0. The number of carbonyl (C=O) groups excluding carboxylic acids is 1. The van der Waals surface area contributed by atoms with Crippen molar-refractivity contribution in [1.82, 2.24) is 10.6 Å². The van der Waals surface area contributed by atoms with Gasteiger partial charge in [-0.2, -0.15) is 0 Å². The average Bonchev–Trinajstić information content (AvgIpc) is 2.50. The third-order valence-corrected chi connectivity index (χ3v) is 4.39. The zero-order chi connectivity index (χ0) is 17.3. The number of benzene rings is 1. The van der Waals surface area contributed by atoms with Crippen molar-refractivity contribution in [3.05, 3.63) is 29.3 Å². The molecule has 0 saturated carbocycles. The van der Waals surface area contributed by atoms with Crippen LogP contribution in [0.15, 0.2) is 34.2 Å². The number of thioether (sulfide) groups is 1. The second-order valence-electron chi connectivity index (χ2n) is 5.67. The van der Waals surface area contributed by atoms with Crippen LogP contribution in [0.3, 0.4) is 0 Å². The number of guanidine groups is 1. The summed E-state index contributed by atoms with van der Waals surface area (Å²) >= 11 is 7.60. The van der Waals surface area contributed by atoms with Gasteiger partial charge in [0.2, 0.25) is 5.91 Å². The van der Waals surface area contributed by atoms with Gasteiger partial charge in [-0.05, 0) is 45.0 Å². The summed E-state index contributed by atoms with van der Waals surface area (Å²) in [4.78, 5) is 16.9. The quantitative estimate of drug-likeness (QED) is 0.174. The molecule has 24 heavy (non-hydrogen) atoms. The zero-order valence-corrected chi connectivity index (χ0v) is 18.2. The van der Waals surface area contributed by atoms with Gasteiger partial charge < -0.3 is 16.4 Å². The molecule has 1 amide bonds. The molecule has 8 heteroatoms. The van der Waals surface area contributed by atoms with Crippen molar-refractivity contribution in [2.24, 2.45) is 16.1 Å². The van der Waals surface area contributed by atoms with Crippen LogP contribution < -0.4 is 16.4 Å². The maximum atomic E-state index is 11.3. The fourth-order valence-electron chi connectivity index (χ4n) is 1.57. The van der Waals surface area contributed by atoms with E-state index < -0.39 is 5.41 Å². The van der Waals surface area contributed by atoms with E-state index in [9.17, 15) is 4.79 Å². The summed E-state index contributed by atoms with van der Waals surface area (Å²) in [7, 11) is 0. The molecular weight excluding hydrogens is 459 g/mol. The van der Waals surface area contributed by atoms with E-state index in [-0.39, 0.29) is 29.9 Å². The average molecular weight is 485 g/mol. The van der Waals surface area contributed by atoms with E-state index in [1.807, 2.05) is 31.2 Å². The number of halogens is 2. The number of hydrogen-bond acceptors (Lipinski definition) is 3. The van der Waals surface area contributed by atoms with Crippen molar-refractivity contribution in [1.29, 1.82) is 0 Å². The Morgan fingerprint density at radius 1 is 1.29 bits per heavy atom. The van der Waals surface area contributed by atoms with Crippen molar-refractivity contribution >= 4 is 59.2 Å². The minimum absolute atomic E-state index is 0. The maximum absolute atomic E-state index is 11.3. The van der Waals surface area contributed by atoms with E-state index in [0.717, 1.165) is 23.9 Å². The van der Waals surface area contributed by atoms with E-state index in [0.29, 0.717) is 12.5 Å². The molecule has 0 aromatic heterocycles. The van der Waals surface area contributed by atoms with Crippen molar-refractivity contribution < 1.29 is 4.79 Å². The van der Waals surface area contributed by atoms with Crippen LogP contribution in [0.2, 0.25) is 5.02 Å². The Kier molecular flexibility index (Phi) is 11.5. The minimum Gasteiger partial charge on any atom is -0.369 e. The molecule has 0 aliphatic carbocycles. The fourth-order valence-corrected chi connectivity index (χ4v) is 2.46. The van der Waals surface area contributed by atoms with Crippen LogP contribution in [-0.4, -0.2) is 37.3 Å².